The summed E-state index contributed by atoms with van der Waals surface area (Å²) in [4.78, 5) is 3.74. The number of nitrogens with zero attached hydrogens (tertiary/aromatic N) is 1. The Morgan fingerprint density at radius 2 is 2.27 bits per heavy atom. The smallest absolute Gasteiger partial charge is 0.129 e. The Morgan fingerprint density at radius 3 is 2.73 bits per heavy atom. The standard InChI is InChI=1S/C7H8ClNO2/c8-7-2-1-5(3-9-7)6(11)4-10/h1-3,6,10-11H,4H2/t6-/m0/s1. The minimum Gasteiger partial charge on any atom is -0.393 e. The Hall–Kier alpha value is -0.640. The number of aliphatic hydroxyl groups is 2. The summed E-state index contributed by atoms with van der Waals surface area (Å²) in [6.45, 7) is -0.302. The summed E-state index contributed by atoms with van der Waals surface area (Å²) in [5.74, 6) is 0. The molecule has 0 radical (unpaired) electrons. The van der Waals surface area contributed by atoms with Crippen LogP contribution in [0.15, 0.2) is 18.3 Å². The van der Waals surface area contributed by atoms with Crippen molar-refractivity contribution in [2.75, 3.05) is 6.61 Å². The van der Waals surface area contributed by atoms with Gasteiger partial charge in [-0.1, -0.05) is 17.7 Å². The summed E-state index contributed by atoms with van der Waals surface area (Å²) in [6, 6.07) is 3.19. The van der Waals surface area contributed by atoms with Gasteiger partial charge in [0.25, 0.3) is 0 Å². The lowest BCUT2D eigenvalue weighted by Crippen LogP contribution is -2.02. The van der Waals surface area contributed by atoms with Crippen molar-refractivity contribution in [1.29, 1.82) is 0 Å². The molecule has 0 saturated heterocycles. The summed E-state index contributed by atoms with van der Waals surface area (Å²) < 4.78 is 0. The van der Waals surface area contributed by atoms with Gasteiger partial charge in [-0.2, -0.15) is 0 Å². The minimum absolute atomic E-state index is 0.302. The van der Waals surface area contributed by atoms with E-state index in [1.54, 1.807) is 12.1 Å². The molecule has 60 valence electrons. The average Bonchev–Trinajstić information content (AvgIpc) is 2.05. The van der Waals surface area contributed by atoms with Gasteiger partial charge in [-0.05, 0) is 6.07 Å². The predicted octanol–water partition coefficient (Wildman–Crippen LogP) is 0.761. The SMILES string of the molecule is OC[C@H](O)c1ccc(Cl)nc1. The van der Waals surface area contributed by atoms with Crippen LogP contribution < -0.4 is 0 Å². The van der Waals surface area contributed by atoms with Crippen LogP contribution in [0.4, 0.5) is 0 Å². The molecule has 4 heteroatoms. The van der Waals surface area contributed by atoms with Gasteiger partial charge < -0.3 is 10.2 Å². The molecule has 0 aliphatic heterocycles. The lowest BCUT2D eigenvalue weighted by Gasteiger charge is -2.05. The maximum atomic E-state index is 9.09. The molecule has 0 unspecified atom stereocenters. The Bertz CT molecular complexity index is 224. The molecule has 1 atom stereocenters. The number of hydrogen-bond acceptors (Lipinski definition) is 3. The molecule has 0 aliphatic rings. The van der Waals surface area contributed by atoms with Crippen molar-refractivity contribution in [1.82, 2.24) is 4.98 Å². The highest BCUT2D eigenvalue weighted by atomic mass is 35.5. The van der Waals surface area contributed by atoms with E-state index in [0.717, 1.165) is 0 Å². The summed E-state index contributed by atoms with van der Waals surface area (Å²) >= 11 is 5.50. The maximum Gasteiger partial charge on any atom is 0.129 e. The summed E-state index contributed by atoms with van der Waals surface area (Å²) in [6.07, 6.45) is 0.572. The molecular formula is C7H8ClNO2. The first-order valence-electron chi connectivity index (χ1n) is 3.14. The zero-order chi connectivity index (χ0) is 8.27. The molecule has 3 nitrogen and oxygen atoms in total. The van der Waals surface area contributed by atoms with Crippen molar-refractivity contribution in [2.24, 2.45) is 0 Å². The Balaban J connectivity index is 2.81. The lowest BCUT2D eigenvalue weighted by molar-refractivity contribution is 0.0953. The number of rotatable bonds is 2. The molecule has 1 aromatic rings. The largest absolute Gasteiger partial charge is 0.393 e. The molecule has 0 amide bonds. The van der Waals surface area contributed by atoms with Crippen molar-refractivity contribution in [3.8, 4) is 0 Å². The highest BCUT2D eigenvalue weighted by Crippen LogP contribution is 2.12. The molecule has 11 heavy (non-hydrogen) atoms. The fourth-order valence-electron chi connectivity index (χ4n) is 0.690. The molecule has 1 heterocycles. The Labute approximate surface area is 69.3 Å². The topological polar surface area (TPSA) is 53.4 Å². The zero-order valence-corrected chi connectivity index (χ0v) is 6.49. The molecular weight excluding hydrogens is 166 g/mol. The maximum absolute atomic E-state index is 9.09. The third kappa shape index (κ3) is 2.15. The van der Waals surface area contributed by atoms with E-state index in [1.807, 2.05) is 0 Å². The van der Waals surface area contributed by atoms with Gasteiger partial charge in [0.1, 0.15) is 11.3 Å². The van der Waals surface area contributed by atoms with Crippen molar-refractivity contribution < 1.29 is 10.2 Å². The molecule has 0 bridgehead atoms. The van der Waals surface area contributed by atoms with E-state index in [4.69, 9.17) is 21.8 Å². The van der Waals surface area contributed by atoms with Crippen LogP contribution in [0.1, 0.15) is 11.7 Å². The van der Waals surface area contributed by atoms with Gasteiger partial charge in [-0.25, -0.2) is 4.98 Å². The second-order valence-corrected chi connectivity index (χ2v) is 2.50. The van der Waals surface area contributed by atoms with Crippen molar-refractivity contribution in [3.05, 3.63) is 29.0 Å². The molecule has 0 saturated carbocycles. The lowest BCUT2D eigenvalue weighted by atomic mass is 10.2. The first-order chi connectivity index (χ1) is 5.24. The molecule has 0 aliphatic carbocycles. The highest BCUT2D eigenvalue weighted by molar-refractivity contribution is 6.29. The van der Waals surface area contributed by atoms with Crippen LogP contribution >= 0.6 is 11.6 Å². The van der Waals surface area contributed by atoms with Crippen molar-refractivity contribution in [3.63, 3.8) is 0 Å². The molecule has 1 rings (SSSR count). The minimum atomic E-state index is -0.861. The Kier molecular flexibility index (Phi) is 2.82. The van der Waals surface area contributed by atoms with Gasteiger partial charge in [0.05, 0.1) is 6.61 Å². The molecule has 2 N–H and O–H groups in total. The van der Waals surface area contributed by atoms with Crippen LogP contribution in [-0.2, 0) is 0 Å². The summed E-state index contributed by atoms with van der Waals surface area (Å²) in [5, 5.41) is 18.0. The van der Waals surface area contributed by atoms with Gasteiger partial charge in [0.15, 0.2) is 0 Å². The van der Waals surface area contributed by atoms with E-state index in [2.05, 4.69) is 4.98 Å². The van der Waals surface area contributed by atoms with Gasteiger partial charge in [-0.3, -0.25) is 0 Å². The van der Waals surface area contributed by atoms with Crippen LogP contribution in [0.5, 0.6) is 0 Å². The van der Waals surface area contributed by atoms with Crippen molar-refractivity contribution >= 4 is 11.6 Å². The number of aliphatic hydroxyl groups excluding tert-OH is 2. The normalized spacial score (nSPS) is 13.0. The third-order valence-corrected chi connectivity index (χ3v) is 1.53. The van der Waals surface area contributed by atoms with E-state index in [1.165, 1.54) is 6.20 Å². The van der Waals surface area contributed by atoms with Gasteiger partial charge in [0.2, 0.25) is 0 Å². The second-order valence-electron chi connectivity index (χ2n) is 2.11. The summed E-state index contributed by atoms with van der Waals surface area (Å²) in [5.41, 5.74) is 0.567. The van der Waals surface area contributed by atoms with E-state index in [0.29, 0.717) is 10.7 Å². The second kappa shape index (κ2) is 3.67. The van der Waals surface area contributed by atoms with E-state index < -0.39 is 6.10 Å². The van der Waals surface area contributed by atoms with Crippen LogP contribution in [0.3, 0.4) is 0 Å². The molecule has 0 fully saturated rings. The number of aromatic nitrogens is 1. The van der Waals surface area contributed by atoms with E-state index >= 15 is 0 Å². The zero-order valence-electron chi connectivity index (χ0n) is 5.74. The van der Waals surface area contributed by atoms with E-state index in [9.17, 15) is 0 Å². The van der Waals surface area contributed by atoms with Crippen LogP contribution in [0.25, 0.3) is 0 Å². The van der Waals surface area contributed by atoms with Gasteiger partial charge in [0, 0.05) is 11.8 Å². The van der Waals surface area contributed by atoms with Gasteiger partial charge >= 0.3 is 0 Å². The molecule has 0 aromatic carbocycles. The third-order valence-electron chi connectivity index (χ3n) is 1.31. The number of pyridine rings is 1. The highest BCUT2D eigenvalue weighted by Gasteiger charge is 2.04. The first-order valence-corrected chi connectivity index (χ1v) is 3.52. The quantitative estimate of drug-likeness (QED) is 0.650. The first kappa shape index (κ1) is 8.46. The fraction of sp³-hybridized carbons (Fsp3) is 0.286. The fourth-order valence-corrected chi connectivity index (χ4v) is 0.802. The monoisotopic (exact) mass is 173 g/mol. The molecule has 1 aromatic heterocycles. The predicted molar refractivity (Wildman–Crippen MR) is 41.3 cm³/mol. The van der Waals surface area contributed by atoms with Gasteiger partial charge in [-0.15, -0.1) is 0 Å². The number of halogens is 1. The average molecular weight is 174 g/mol. The van der Waals surface area contributed by atoms with Crippen molar-refractivity contribution in [2.45, 2.75) is 6.10 Å². The summed E-state index contributed by atoms with van der Waals surface area (Å²) in [7, 11) is 0. The van der Waals surface area contributed by atoms with Crippen LogP contribution in [0.2, 0.25) is 5.15 Å². The van der Waals surface area contributed by atoms with Crippen LogP contribution in [-0.4, -0.2) is 21.8 Å². The number of hydrogen-bond donors (Lipinski definition) is 2. The van der Waals surface area contributed by atoms with E-state index in [-0.39, 0.29) is 6.61 Å². The van der Waals surface area contributed by atoms with Crippen LogP contribution in [0, 0.1) is 0 Å². The Morgan fingerprint density at radius 1 is 1.55 bits per heavy atom. The molecule has 0 spiro atoms.